The van der Waals surface area contributed by atoms with Crippen LogP contribution in [0.3, 0.4) is 0 Å². The summed E-state index contributed by atoms with van der Waals surface area (Å²) in [6.07, 6.45) is 4.33. The summed E-state index contributed by atoms with van der Waals surface area (Å²) in [5, 5.41) is 0.196. The summed E-state index contributed by atoms with van der Waals surface area (Å²) >= 11 is 9.31. The number of nitrogens with two attached hydrogens (primary N) is 1. The van der Waals surface area contributed by atoms with Gasteiger partial charge in [-0.2, -0.15) is 0 Å². The van der Waals surface area contributed by atoms with Crippen LogP contribution in [-0.4, -0.2) is 21.0 Å². The van der Waals surface area contributed by atoms with Crippen LogP contribution in [0.2, 0.25) is 5.02 Å². The van der Waals surface area contributed by atoms with Gasteiger partial charge in [0.05, 0.1) is 5.02 Å². The van der Waals surface area contributed by atoms with E-state index in [2.05, 4.69) is 20.7 Å². The topological polar surface area (TPSA) is 72.2 Å². The van der Waals surface area contributed by atoms with E-state index in [0.717, 1.165) is 25.7 Å². The van der Waals surface area contributed by atoms with Gasteiger partial charge >= 0.3 is 0 Å². The van der Waals surface area contributed by atoms with E-state index in [1.165, 1.54) is 6.07 Å². The molecule has 0 amide bonds. The molecule has 1 atom stereocenters. The lowest BCUT2D eigenvalue weighted by molar-refractivity contribution is 0.405. The van der Waals surface area contributed by atoms with Crippen molar-refractivity contribution in [2.75, 3.05) is 6.54 Å². The molecule has 1 aliphatic rings. The van der Waals surface area contributed by atoms with Gasteiger partial charge < -0.3 is 5.73 Å². The van der Waals surface area contributed by atoms with Gasteiger partial charge in [0.15, 0.2) is 0 Å². The highest BCUT2D eigenvalue weighted by Gasteiger charge is 2.29. The summed E-state index contributed by atoms with van der Waals surface area (Å²) in [5.41, 5.74) is 5.74. The largest absolute Gasteiger partial charge is 0.329 e. The lowest BCUT2D eigenvalue weighted by atomic mass is 9.99. The molecule has 0 spiro atoms. The van der Waals surface area contributed by atoms with Crippen molar-refractivity contribution in [3.8, 4) is 0 Å². The van der Waals surface area contributed by atoms with E-state index in [9.17, 15) is 8.42 Å². The molecule has 3 N–H and O–H groups in total. The molecule has 0 aliphatic heterocycles. The highest BCUT2D eigenvalue weighted by atomic mass is 79.9. The Kier molecular flexibility index (Phi) is 7.43. The van der Waals surface area contributed by atoms with Gasteiger partial charge in [0, 0.05) is 17.1 Å². The van der Waals surface area contributed by atoms with Gasteiger partial charge in [-0.05, 0) is 46.8 Å². The Morgan fingerprint density at radius 2 is 2.00 bits per heavy atom. The number of halogens is 3. The molecule has 0 aromatic heterocycles. The third-order valence-electron chi connectivity index (χ3n) is 3.74. The predicted octanol–water partition coefficient (Wildman–Crippen LogP) is 3.32. The molecule has 0 saturated heterocycles. The van der Waals surface area contributed by atoms with Gasteiger partial charge in [0.1, 0.15) is 4.90 Å². The Hall–Kier alpha value is 0.150. The maximum absolute atomic E-state index is 12.5. The summed E-state index contributed by atoms with van der Waals surface area (Å²) in [7, 11) is -3.65. The number of benzene rings is 1. The zero-order chi connectivity index (χ0) is 14.8. The van der Waals surface area contributed by atoms with Crippen molar-refractivity contribution in [2.24, 2.45) is 11.7 Å². The van der Waals surface area contributed by atoms with Gasteiger partial charge in [0.2, 0.25) is 10.0 Å². The first-order valence-corrected chi connectivity index (χ1v) is 9.27. The fourth-order valence-electron chi connectivity index (χ4n) is 2.65. The van der Waals surface area contributed by atoms with E-state index in [1.54, 1.807) is 12.1 Å². The Morgan fingerprint density at radius 1 is 1.38 bits per heavy atom. The molecule has 1 aromatic carbocycles. The normalized spacial score (nSPS) is 17.5. The van der Waals surface area contributed by atoms with Crippen LogP contribution in [0.25, 0.3) is 0 Å². The predicted molar refractivity (Wildman–Crippen MR) is 91.5 cm³/mol. The zero-order valence-electron chi connectivity index (χ0n) is 11.4. The second-order valence-corrected chi connectivity index (χ2v) is 7.97. The Labute approximate surface area is 145 Å². The van der Waals surface area contributed by atoms with Crippen LogP contribution >= 0.6 is 39.9 Å². The van der Waals surface area contributed by atoms with Crippen molar-refractivity contribution in [3.63, 3.8) is 0 Å². The van der Waals surface area contributed by atoms with Crippen molar-refractivity contribution < 1.29 is 8.42 Å². The molecule has 2 rings (SSSR count). The quantitative estimate of drug-likeness (QED) is 0.771. The molecular weight excluding hydrogens is 399 g/mol. The molecule has 1 aliphatic carbocycles. The van der Waals surface area contributed by atoms with Gasteiger partial charge in [-0.3, -0.25) is 0 Å². The van der Waals surface area contributed by atoms with E-state index in [0.29, 0.717) is 16.9 Å². The summed E-state index contributed by atoms with van der Waals surface area (Å²) < 4.78 is 28.2. The number of hydrogen-bond donors (Lipinski definition) is 2. The van der Waals surface area contributed by atoms with Crippen LogP contribution in [0.15, 0.2) is 27.6 Å². The molecular formula is C13H19BrCl2N2O2S. The summed E-state index contributed by atoms with van der Waals surface area (Å²) in [4.78, 5) is 0.0880. The van der Waals surface area contributed by atoms with Crippen LogP contribution in [-0.2, 0) is 10.0 Å². The maximum Gasteiger partial charge on any atom is 0.242 e. The van der Waals surface area contributed by atoms with Crippen molar-refractivity contribution >= 4 is 50.0 Å². The third-order valence-corrected chi connectivity index (χ3v) is 6.68. The molecule has 0 radical (unpaired) electrons. The van der Waals surface area contributed by atoms with Gasteiger partial charge in [-0.1, -0.05) is 30.5 Å². The number of nitrogens with one attached hydrogen (secondary N) is 1. The highest BCUT2D eigenvalue weighted by Crippen LogP contribution is 2.31. The first-order chi connectivity index (χ1) is 9.45. The molecule has 1 unspecified atom stereocenters. The second kappa shape index (κ2) is 8.13. The van der Waals surface area contributed by atoms with Crippen LogP contribution < -0.4 is 10.5 Å². The van der Waals surface area contributed by atoms with Crippen LogP contribution in [0.4, 0.5) is 0 Å². The first kappa shape index (κ1) is 19.2. The number of hydrogen-bond acceptors (Lipinski definition) is 3. The van der Waals surface area contributed by atoms with Crippen LogP contribution in [0, 0.1) is 5.92 Å². The molecule has 0 bridgehead atoms. The molecule has 8 heteroatoms. The van der Waals surface area contributed by atoms with Crippen molar-refractivity contribution in [3.05, 3.63) is 27.7 Å². The number of rotatable bonds is 5. The highest BCUT2D eigenvalue weighted by molar-refractivity contribution is 9.10. The van der Waals surface area contributed by atoms with Crippen LogP contribution in [0.5, 0.6) is 0 Å². The van der Waals surface area contributed by atoms with Gasteiger partial charge in [-0.25, -0.2) is 13.1 Å². The second-order valence-electron chi connectivity index (χ2n) is 5.06. The number of sulfonamides is 1. The summed E-state index contributed by atoms with van der Waals surface area (Å²) in [6.45, 7) is 0.301. The minimum Gasteiger partial charge on any atom is -0.329 e. The lowest BCUT2D eigenvalue weighted by Crippen LogP contribution is -2.44. The SMILES string of the molecule is Cl.NCC(NS(=O)(=O)c1cccc(Br)c1Cl)C1CCCC1. The molecule has 21 heavy (non-hydrogen) atoms. The van der Waals surface area contributed by atoms with Crippen LogP contribution in [0.1, 0.15) is 25.7 Å². The van der Waals surface area contributed by atoms with Crippen molar-refractivity contribution in [1.29, 1.82) is 0 Å². The third kappa shape index (κ3) is 4.56. The molecule has 120 valence electrons. The van der Waals surface area contributed by atoms with Crippen molar-refractivity contribution in [1.82, 2.24) is 4.72 Å². The monoisotopic (exact) mass is 416 g/mol. The van der Waals surface area contributed by atoms with E-state index >= 15 is 0 Å². The smallest absolute Gasteiger partial charge is 0.242 e. The Morgan fingerprint density at radius 3 is 2.57 bits per heavy atom. The minimum atomic E-state index is -3.65. The van der Waals surface area contributed by atoms with E-state index < -0.39 is 10.0 Å². The molecule has 0 heterocycles. The fourth-order valence-corrected chi connectivity index (χ4v) is 5.00. The van der Waals surface area contributed by atoms with Crippen molar-refractivity contribution in [2.45, 2.75) is 36.6 Å². The van der Waals surface area contributed by atoms with Gasteiger partial charge in [-0.15, -0.1) is 12.4 Å². The Balaban J connectivity index is 0.00000220. The summed E-state index contributed by atoms with van der Waals surface area (Å²) in [6, 6.07) is 4.63. The molecule has 1 aromatic rings. The lowest BCUT2D eigenvalue weighted by Gasteiger charge is -2.23. The standard InChI is InChI=1S/C13H18BrClN2O2S.ClH/c14-10-6-3-7-12(13(10)15)20(18,19)17-11(8-16)9-4-1-2-5-9;/h3,6-7,9,11,17H,1-2,4-5,8,16H2;1H. The van der Waals surface area contributed by atoms with E-state index in [-0.39, 0.29) is 28.4 Å². The molecule has 1 fully saturated rings. The molecule has 1 saturated carbocycles. The maximum atomic E-state index is 12.5. The first-order valence-electron chi connectivity index (χ1n) is 6.62. The fraction of sp³-hybridized carbons (Fsp3) is 0.538. The van der Waals surface area contributed by atoms with E-state index in [4.69, 9.17) is 17.3 Å². The average molecular weight is 418 g/mol. The molecule has 4 nitrogen and oxygen atoms in total. The Bertz CT molecular complexity index is 578. The minimum absolute atomic E-state index is 0. The van der Waals surface area contributed by atoms with E-state index in [1.807, 2.05) is 0 Å². The van der Waals surface area contributed by atoms with Gasteiger partial charge in [0.25, 0.3) is 0 Å². The zero-order valence-corrected chi connectivity index (χ0v) is 15.4. The summed E-state index contributed by atoms with van der Waals surface area (Å²) in [5.74, 6) is 0.320. The average Bonchev–Trinajstić information content (AvgIpc) is 2.93.